The monoisotopic (exact) mass is 253 g/mol. The molecule has 1 saturated heterocycles. The average Bonchev–Trinajstić information content (AvgIpc) is 2.57. The van der Waals surface area contributed by atoms with Crippen LogP contribution in [0.2, 0.25) is 0 Å². The number of ether oxygens (including phenoxy) is 1. The van der Waals surface area contributed by atoms with Gasteiger partial charge in [-0.05, 0) is 18.9 Å². The van der Waals surface area contributed by atoms with Crippen LogP contribution in [-0.4, -0.2) is 43.8 Å². The molecule has 0 radical (unpaired) electrons. The number of rotatable bonds is 4. The highest BCUT2D eigenvalue weighted by Gasteiger charge is 2.35. The smallest absolute Gasteiger partial charge is 0.389 e. The molecule has 0 aromatic rings. The Labute approximate surface area is 98.9 Å². The van der Waals surface area contributed by atoms with E-state index in [2.05, 4.69) is 4.74 Å². The molecule has 0 aromatic heterocycles. The number of hydrogen-bond acceptors (Lipinski definition) is 3. The van der Waals surface area contributed by atoms with Crippen molar-refractivity contribution < 1.29 is 22.7 Å². The molecule has 0 bridgehead atoms. The van der Waals surface area contributed by atoms with E-state index >= 15 is 0 Å². The third kappa shape index (κ3) is 4.53. The van der Waals surface area contributed by atoms with Gasteiger partial charge >= 0.3 is 12.1 Å². The molecule has 0 aliphatic carbocycles. The molecule has 2 unspecified atom stereocenters. The van der Waals surface area contributed by atoms with Gasteiger partial charge in [0, 0.05) is 19.5 Å². The van der Waals surface area contributed by atoms with Gasteiger partial charge in [0.2, 0.25) is 0 Å². The van der Waals surface area contributed by atoms with Crippen molar-refractivity contribution in [1.29, 1.82) is 0 Å². The Hall–Kier alpha value is -0.780. The predicted molar refractivity (Wildman–Crippen MR) is 56.4 cm³/mol. The van der Waals surface area contributed by atoms with Gasteiger partial charge in [-0.25, -0.2) is 0 Å². The molecular weight excluding hydrogens is 235 g/mol. The molecule has 2 atom stereocenters. The first-order valence-corrected chi connectivity index (χ1v) is 5.70. The van der Waals surface area contributed by atoms with Gasteiger partial charge in [-0.2, -0.15) is 13.2 Å². The van der Waals surface area contributed by atoms with Gasteiger partial charge in [-0.15, -0.1) is 0 Å². The minimum absolute atomic E-state index is 0.0874. The highest BCUT2D eigenvalue weighted by molar-refractivity contribution is 5.73. The topological polar surface area (TPSA) is 29.5 Å². The molecule has 1 rings (SSSR count). The first-order chi connectivity index (χ1) is 7.83. The van der Waals surface area contributed by atoms with Crippen molar-refractivity contribution in [3.05, 3.63) is 0 Å². The van der Waals surface area contributed by atoms with Crippen molar-refractivity contribution >= 4 is 5.97 Å². The van der Waals surface area contributed by atoms with E-state index in [1.807, 2.05) is 11.8 Å². The van der Waals surface area contributed by atoms with Crippen molar-refractivity contribution in [2.24, 2.45) is 11.8 Å². The zero-order valence-electron chi connectivity index (χ0n) is 10.1. The van der Waals surface area contributed by atoms with Gasteiger partial charge in [0.15, 0.2) is 0 Å². The Morgan fingerprint density at radius 3 is 2.59 bits per heavy atom. The molecule has 0 N–H and O–H groups in total. The Morgan fingerprint density at radius 1 is 1.41 bits per heavy atom. The minimum Gasteiger partial charge on any atom is -0.469 e. The lowest BCUT2D eigenvalue weighted by Gasteiger charge is -2.15. The molecule has 0 amide bonds. The highest BCUT2D eigenvalue weighted by atomic mass is 19.4. The number of alkyl halides is 3. The van der Waals surface area contributed by atoms with E-state index in [1.54, 1.807) is 0 Å². The van der Waals surface area contributed by atoms with Crippen LogP contribution >= 0.6 is 0 Å². The Balaban J connectivity index is 2.32. The van der Waals surface area contributed by atoms with Crippen LogP contribution in [-0.2, 0) is 9.53 Å². The fourth-order valence-electron chi connectivity index (χ4n) is 2.21. The summed E-state index contributed by atoms with van der Waals surface area (Å²) in [5, 5.41) is 0. The third-order valence-corrected chi connectivity index (χ3v) is 3.13. The van der Waals surface area contributed by atoms with Crippen molar-refractivity contribution in [1.82, 2.24) is 4.90 Å². The number of likely N-dealkylation sites (tertiary alicyclic amines) is 1. The lowest BCUT2D eigenvalue weighted by atomic mass is 9.99. The first-order valence-electron chi connectivity index (χ1n) is 5.70. The van der Waals surface area contributed by atoms with E-state index < -0.39 is 12.6 Å². The van der Waals surface area contributed by atoms with Crippen LogP contribution in [0.25, 0.3) is 0 Å². The summed E-state index contributed by atoms with van der Waals surface area (Å²) in [5.74, 6) is -0.324. The van der Waals surface area contributed by atoms with Crippen molar-refractivity contribution in [3.8, 4) is 0 Å². The zero-order chi connectivity index (χ0) is 13.1. The summed E-state index contributed by atoms with van der Waals surface area (Å²) in [6, 6.07) is 0. The number of hydrogen-bond donors (Lipinski definition) is 0. The van der Waals surface area contributed by atoms with Gasteiger partial charge in [0.25, 0.3) is 0 Å². The van der Waals surface area contributed by atoms with E-state index in [0.29, 0.717) is 19.6 Å². The van der Waals surface area contributed by atoms with Gasteiger partial charge in [-0.3, -0.25) is 4.79 Å². The quantitative estimate of drug-likeness (QED) is 0.718. The van der Waals surface area contributed by atoms with Gasteiger partial charge < -0.3 is 9.64 Å². The van der Waals surface area contributed by atoms with Gasteiger partial charge in [-0.1, -0.05) is 6.92 Å². The van der Waals surface area contributed by atoms with E-state index in [1.165, 1.54) is 7.11 Å². The van der Waals surface area contributed by atoms with Crippen LogP contribution < -0.4 is 0 Å². The number of nitrogens with zero attached hydrogens (tertiary/aromatic N) is 1. The molecule has 1 heterocycles. The van der Waals surface area contributed by atoms with Crippen LogP contribution in [0.4, 0.5) is 13.2 Å². The van der Waals surface area contributed by atoms with Crippen LogP contribution in [0.15, 0.2) is 0 Å². The Kier molecular flexibility index (Phi) is 4.80. The maximum Gasteiger partial charge on any atom is 0.389 e. The van der Waals surface area contributed by atoms with E-state index in [4.69, 9.17) is 0 Å². The molecule has 1 aliphatic heterocycles. The third-order valence-electron chi connectivity index (χ3n) is 3.13. The van der Waals surface area contributed by atoms with Crippen molar-refractivity contribution in [2.75, 3.05) is 26.7 Å². The summed E-state index contributed by atoms with van der Waals surface area (Å²) < 4.78 is 40.6. The second-order valence-electron chi connectivity index (χ2n) is 4.59. The van der Waals surface area contributed by atoms with Gasteiger partial charge in [0.05, 0.1) is 13.0 Å². The minimum atomic E-state index is -4.09. The summed E-state index contributed by atoms with van der Waals surface area (Å²) in [4.78, 5) is 13.3. The SMILES string of the molecule is COC(=O)C1CN(CCCC(F)(F)F)CC1C. The molecule has 6 heteroatoms. The molecular formula is C11H18F3NO2. The molecule has 0 saturated carbocycles. The molecule has 0 aromatic carbocycles. The summed E-state index contributed by atoms with van der Waals surface area (Å²) in [7, 11) is 1.33. The van der Waals surface area contributed by atoms with Gasteiger partial charge in [0.1, 0.15) is 0 Å². The van der Waals surface area contributed by atoms with Crippen molar-refractivity contribution in [3.63, 3.8) is 0 Å². The summed E-state index contributed by atoms with van der Waals surface area (Å²) in [6.45, 7) is 3.48. The molecule has 1 fully saturated rings. The maximum atomic E-state index is 12.0. The molecule has 0 spiro atoms. The lowest BCUT2D eigenvalue weighted by molar-refractivity contribution is -0.146. The maximum absolute atomic E-state index is 12.0. The number of carbonyl (C=O) groups excluding carboxylic acids is 1. The summed E-state index contributed by atoms with van der Waals surface area (Å²) in [6.07, 6.45) is -4.77. The van der Waals surface area contributed by atoms with E-state index in [0.717, 1.165) is 0 Å². The number of methoxy groups -OCH3 is 1. The summed E-state index contributed by atoms with van der Waals surface area (Å²) in [5.41, 5.74) is 0. The lowest BCUT2D eigenvalue weighted by Crippen LogP contribution is -2.26. The normalized spacial score (nSPS) is 26.2. The second-order valence-corrected chi connectivity index (χ2v) is 4.59. The van der Waals surface area contributed by atoms with Crippen LogP contribution in [0.3, 0.4) is 0 Å². The average molecular weight is 253 g/mol. The van der Waals surface area contributed by atoms with Crippen LogP contribution in [0.1, 0.15) is 19.8 Å². The van der Waals surface area contributed by atoms with Crippen LogP contribution in [0, 0.1) is 11.8 Å². The number of halogens is 3. The largest absolute Gasteiger partial charge is 0.469 e. The van der Waals surface area contributed by atoms with Crippen molar-refractivity contribution in [2.45, 2.75) is 25.9 Å². The first kappa shape index (κ1) is 14.3. The van der Waals surface area contributed by atoms with E-state index in [-0.39, 0.29) is 24.2 Å². The summed E-state index contributed by atoms with van der Waals surface area (Å²) >= 11 is 0. The van der Waals surface area contributed by atoms with E-state index in [9.17, 15) is 18.0 Å². The molecule has 3 nitrogen and oxygen atoms in total. The molecule has 17 heavy (non-hydrogen) atoms. The number of carbonyl (C=O) groups is 1. The predicted octanol–water partition coefficient (Wildman–Crippen LogP) is 2.07. The second kappa shape index (κ2) is 5.71. The Morgan fingerprint density at radius 2 is 2.06 bits per heavy atom. The molecule has 100 valence electrons. The fourth-order valence-corrected chi connectivity index (χ4v) is 2.21. The highest BCUT2D eigenvalue weighted by Crippen LogP contribution is 2.26. The fraction of sp³-hybridized carbons (Fsp3) is 0.909. The number of esters is 1. The Bertz CT molecular complexity index is 268. The zero-order valence-corrected chi connectivity index (χ0v) is 10.1. The van der Waals surface area contributed by atoms with Crippen LogP contribution in [0.5, 0.6) is 0 Å². The standard InChI is InChI=1S/C11H18F3NO2/c1-8-6-15(5-3-4-11(12,13)14)7-9(8)10(16)17-2/h8-9H,3-7H2,1-2H3. The molecule has 1 aliphatic rings.